The second-order valence-electron chi connectivity index (χ2n) is 7.07. The van der Waals surface area contributed by atoms with Crippen molar-refractivity contribution in [1.29, 1.82) is 0 Å². The molecule has 3 rings (SSSR count). The summed E-state index contributed by atoms with van der Waals surface area (Å²) in [4.78, 5) is 17.0. The van der Waals surface area contributed by atoms with Gasteiger partial charge in [0.25, 0.3) is 0 Å². The van der Waals surface area contributed by atoms with Crippen molar-refractivity contribution in [2.75, 3.05) is 43.9 Å². The van der Waals surface area contributed by atoms with Crippen molar-refractivity contribution >= 4 is 21.6 Å². The molecule has 1 fully saturated rings. The first kappa shape index (κ1) is 18.4. The third-order valence-corrected chi connectivity index (χ3v) is 6.47. The Hall–Kier alpha value is -1.44. The van der Waals surface area contributed by atoms with Gasteiger partial charge in [0.2, 0.25) is 15.9 Å². The third-order valence-electron chi connectivity index (χ3n) is 5.17. The summed E-state index contributed by atoms with van der Waals surface area (Å²) in [6.07, 6.45) is 3.99. The van der Waals surface area contributed by atoms with E-state index in [4.69, 9.17) is 0 Å². The van der Waals surface area contributed by atoms with Crippen molar-refractivity contribution < 1.29 is 13.2 Å². The second-order valence-corrected chi connectivity index (χ2v) is 9.05. The number of anilines is 1. The molecule has 7 heteroatoms. The van der Waals surface area contributed by atoms with Gasteiger partial charge in [-0.3, -0.25) is 9.69 Å². The Bertz CT molecular complexity index is 735. The van der Waals surface area contributed by atoms with Gasteiger partial charge in [0.1, 0.15) is 0 Å². The van der Waals surface area contributed by atoms with E-state index >= 15 is 0 Å². The van der Waals surface area contributed by atoms with Crippen LogP contribution in [0.1, 0.15) is 25.3 Å². The highest BCUT2D eigenvalue weighted by Gasteiger charge is 2.30. The van der Waals surface area contributed by atoms with Crippen LogP contribution < -0.4 is 4.90 Å². The van der Waals surface area contributed by atoms with Gasteiger partial charge in [-0.05, 0) is 44.4 Å². The minimum atomic E-state index is -3.16. The molecule has 1 amide bonds. The minimum absolute atomic E-state index is 0.104. The van der Waals surface area contributed by atoms with Crippen LogP contribution in [-0.2, 0) is 21.2 Å². The zero-order valence-corrected chi connectivity index (χ0v) is 15.8. The molecule has 1 aromatic rings. The van der Waals surface area contributed by atoms with Gasteiger partial charge in [0.15, 0.2) is 0 Å². The summed E-state index contributed by atoms with van der Waals surface area (Å²) in [5.41, 5.74) is 2.26. The van der Waals surface area contributed by atoms with Crippen LogP contribution in [0.25, 0.3) is 0 Å². The van der Waals surface area contributed by atoms with E-state index in [9.17, 15) is 13.2 Å². The quantitative estimate of drug-likeness (QED) is 0.811. The van der Waals surface area contributed by atoms with Gasteiger partial charge in [-0.1, -0.05) is 18.2 Å². The molecular weight excluding hydrogens is 338 g/mol. The molecule has 138 valence electrons. The van der Waals surface area contributed by atoms with E-state index in [1.807, 2.05) is 23.1 Å². The van der Waals surface area contributed by atoms with E-state index in [0.29, 0.717) is 26.2 Å². The summed E-state index contributed by atoms with van der Waals surface area (Å²) in [6, 6.07) is 8.31. The van der Waals surface area contributed by atoms with E-state index in [2.05, 4.69) is 17.9 Å². The van der Waals surface area contributed by atoms with Crippen molar-refractivity contribution in [2.45, 2.75) is 32.2 Å². The molecule has 0 unspecified atom stereocenters. The third kappa shape index (κ3) is 4.22. The molecule has 6 nitrogen and oxygen atoms in total. The van der Waals surface area contributed by atoms with Crippen LogP contribution in [-0.4, -0.2) is 68.6 Å². The molecule has 1 atom stereocenters. The number of hydrogen-bond acceptors (Lipinski definition) is 4. The maximum atomic E-state index is 13.0. The summed E-state index contributed by atoms with van der Waals surface area (Å²) < 4.78 is 25.0. The van der Waals surface area contributed by atoms with Gasteiger partial charge in [-0.15, -0.1) is 0 Å². The standard InChI is InChI=1S/C18H27N3O3S/c1-15-8-9-16-6-3-4-7-17(16)21(15)18(22)14-19-10-5-11-20(13-12-19)25(2,23)24/h3-4,6-7,15H,5,8-14H2,1-2H3/t15-/m0/s1. The number of hydrogen-bond donors (Lipinski definition) is 0. The summed E-state index contributed by atoms with van der Waals surface area (Å²) in [5, 5.41) is 0. The van der Waals surface area contributed by atoms with Crippen molar-refractivity contribution in [2.24, 2.45) is 0 Å². The number of sulfonamides is 1. The molecule has 0 aromatic heterocycles. The van der Waals surface area contributed by atoms with Gasteiger partial charge >= 0.3 is 0 Å². The number of carbonyl (C=O) groups excluding carboxylic acids is 1. The molecule has 0 spiro atoms. The molecule has 2 aliphatic rings. The average molecular weight is 365 g/mol. The summed E-state index contributed by atoms with van der Waals surface area (Å²) in [7, 11) is -3.16. The van der Waals surface area contributed by atoms with Crippen LogP contribution in [0.4, 0.5) is 5.69 Å². The van der Waals surface area contributed by atoms with E-state index < -0.39 is 10.0 Å². The molecule has 0 aliphatic carbocycles. The lowest BCUT2D eigenvalue weighted by molar-refractivity contribution is -0.120. The van der Waals surface area contributed by atoms with E-state index in [1.165, 1.54) is 16.1 Å². The smallest absolute Gasteiger partial charge is 0.241 e. The molecule has 0 bridgehead atoms. The van der Waals surface area contributed by atoms with Crippen molar-refractivity contribution in [3.8, 4) is 0 Å². The van der Waals surface area contributed by atoms with Crippen molar-refractivity contribution in [3.05, 3.63) is 29.8 Å². The molecule has 1 saturated heterocycles. The number of amides is 1. The number of rotatable bonds is 3. The molecule has 0 saturated carbocycles. The Balaban J connectivity index is 1.68. The van der Waals surface area contributed by atoms with Gasteiger partial charge in [0.05, 0.1) is 12.8 Å². The van der Waals surface area contributed by atoms with Gasteiger partial charge in [0, 0.05) is 31.4 Å². The average Bonchev–Trinajstić information content (AvgIpc) is 2.80. The summed E-state index contributed by atoms with van der Waals surface area (Å²) in [5.74, 6) is 0.104. The van der Waals surface area contributed by atoms with E-state index in [1.54, 1.807) is 0 Å². The van der Waals surface area contributed by atoms with Gasteiger partial charge < -0.3 is 4.90 Å². The second kappa shape index (κ2) is 7.43. The normalized spacial score (nSPS) is 23.1. The number of fused-ring (bicyclic) bond motifs is 1. The number of aryl methyl sites for hydroxylation is 1. The zero-order chi connectivity index (χ0) is 18.0. The predicted octanol–water partition coefficient (Wildman–Crippen LogP) is 1.32. The van der Waals surface area contributed by atoms with E-state index in [0.717, 1.165) is 31.5 Å². The van der Waals surface area contributed by atoms with E-state index in [-0.39, 0.29) is 11.9 Å². The van der Waals surface area contributed by atoms with Gasteiger partial charge in [-0.25, -0.2) is 12.7 Å². The van der Waals surface area contributed by atoms with Crippen molar-refractivity contribution in [1.82, 2.24) is 9.21 Å². The maximum Gasteiger partial charge on any atom is 0.241 e. The Morgan fingerprint density at radius 2 is 1.92 bits per heavy atom. The predicted molar refractivity (Wildman–Crippen MR) is 99.2 cm³/mol. The fraction of sp³-hybridized carbons (Fsp3) is 0.611. The largest absolute Gasteiger partial charge is 0.308 e. The Morgan fingerprint density at radius 3 is 2.68 bits per heavy atom. The molecule has 2 heterocycles. The number of para-hydroxylation sites is 1. The van der Waals surface area contributed by atoms with Crippen molar-refractivity contribution in [3.63, 3.8) is 0 Å². The number of benzene rings is 1. The Morgan fingerprint density at radius 1 is 1.16 bits per heavy atom. The summed E-state index contributed by atoms with van der Waals surface area (Å²) >= 11 is 0. The highest BCUT2D eigenvalue weighted by Crippen LogP contribution is 2.30. The maximum absolute atomic E-state index is 13.0. The Kier molecular flexibility index (Phi) is 5.46. The first-order chi connectivity index (χ1) is 11.9. The number of carbonyl (C=O) groups is 1. The molecule has 2 aliphatic heterocycles. The van der Waals surface area contributed by atoms with Crippen LogP contribution in [0.5, 0.6) is 0 Å². The first-order valence-electron chi connectivity index (χ1n) is 8.93. The van der Waals surface area contributed by atoms with Crippen LogP contribution in [0.3, 0.4) is 0 Å². The molecule has 0 radical (unpaired) electrons. The van der Waals surface area contributed by atoms with Crippen LogP contribution in [0, 0.1) is 0 Å². The lowest BCUT2D eigenvalue weighted by Gasteiger charge is -2.36. The highest BCUT2D eigenvalue weighted by atomic mass is 32.2. The highest BCUT2D eigenvalue weighted by molar-refractivity contribution is 7.88. The molecule has 0 N–H and O–H groups in total. The first-order valence-corrected chi connectivity index (χ1v) is 10.8. The fourth-order valence-corrected chi connectivity index (χ4v) is 4.65. The molecule has 1 aromatic carbocycles. The van der Waals surface area contributed by atoms with Crippen LogP contribution in [0.15, 0.2) is 24.3 Å². The molecule has 25 heavy (non-hydrogen) atoms. The van der Waals surface area contributed by atoms with Gasteiger partial charge in [-0.2, -0.15) is 0 Å². The molecular formula is C18H27N3O3S. The Labute approximate surface area is 150 Å². The summed E-state index contributed by atoms with van der Waals surface area (Å²) in [6.45, 7) is 4.78. The van der Waals surface area contributed by atoms with Crippen LogP contribution >= 0.6 is 0 Å². The minimum Gasteiger partial charge on any atom is -0.308 e. The topological polar surface area (TPSA) is 60.9 Å². The number of nitrogens with zero attached hydrogens (tertiary/aromatic N) is 3. The lowest BCUT2D eigenvalue weighted by atomic mass is 9.96. The van der Waals surface area contributed by atoms with Crippen LogP contribution in [0.2, 0.25) is 0 Å². The lowest BCUT2D eigenvalue weighted by Crippen LogP contribution is -2.47. The SMILES string of the molecule is C[C@H]1CCc2ccccc2N1C(=O)CN1CCCN(S(C)(=O)=O)CC1. The monoisotopic (exact) mass is 365 g/mol. The fourth-order valence-electron chi connectivity index (χ4n) is 3.77. The zero-order valence-electron chi connectivity index (χ0n) is 15.0.